The molecule has 0 heterocycles. The molecule has 0 spiro atoms. The zero-order chi connectivity index (χ0) is 22.8. The Labute approximate surface area is 188 Å². The maximum Gasteiger partial charge on any atom is 0.0445 e. The quantitative estimate of drug-likeness (QED) is 0.304. The molecule has 0 unspecified atom stereocenters. The van der Waals surface area contributed by atoms with E-state index in [2.05, 4.69) is 92.2 Å². The molecule has 2 rings (SSSR count). The van der Waals surface area contributed by atoms with Crippen LogP contribution in [0.4, 0.5) is 0 Å². The van der Waals surface area contributed by atoms with Crippen molar-refractivity contribution < 1.29 is 0 Å². The predicted octanol–water partition coefficient (Wildman–Crippen LogP) is 7.48. The molecule has 0 saturated carbocycles. The zero-order valence-electron chi connectivity index (χ0n) is 19.4. The Bertz CT molecular complexity index is 1020. The number of likely N-dealkylation sites (N-methyl/N-ethyl adjacent to an activating group) is 1. The second kappa shape index (κ2) is 11.7. The van der Waals surface area contributed by atoms with Gasteiger partial charge in [-0.2, -0.15) is 0 Å². The highest BCUT2D eigenvalue weighted by atomic mass is 15.1. The van der Waals surface area contributed by atoms with Crippen molar-refractivity contribution in [3.05, 3.63) is 132 Å². The normalized spacial score (nSPS) is 14.7. The van der Waals surface area contributed by atoms with Crippen LogP contribution < -0.4 is 0 Å². The summed E-state index contributed by atoms with van der Waals surface area (Å²) >= 11 is 0. The average Bonchev–Trinajstić information content (AvgIpc) is 2.99. The van der Waals surface area contributed by atoms with Crippen LogP contribution in [0.2, 0.25) is 0 Å². The molecular formula is C29H34N2. The number of allylic oxidation sites excluding steroid dienone is 11. The molecule has 0 aromatic heterocycles. The van der Waals surface area contributed by atoms with E-state index in [1.54, 1.807) is 6.08 Å². The molecule has 160 valence electrons. The predicted molar refractivity (Wildman–Crippen MR) is 137 cm³/mol. The minimum Gasteiger partial charge on any atom is -0.371 e. The highest BCUT2D eigenvalue weighted by Gasteiger charge is 2.05. The summed E-state index contributed by atoms with van der Waals surface area (Å²) in [6.07, 6.45) is 17.2. The largest absolute Gasteiger partial charge is 0.371 e. The summed E-state index contributed by atoms with van der Waals surface area (Å²) in [6.45, 7) is 19.1. The lowest BCUT2D eigenvalue weighted by atomic mass is 10.0. The standard InChI is InChI=1S/C29H34N2/c1-8-22(2)20-30-26(6)29-14-10-12-27(19-29)21-31(7)25(5)17-16-24(4)28-13-9-11-23(3)15-18-28/h8-14,16-20H,1,4-5,15,21H2,2-3,6-7H3/b17-16-,22-20-,30-26+. The van der Waals surface area contributed by atoms with Gasteiger partial charge in [-0.05, 0) is 67.2 Å². The fourth-order valence-electron chi connectivity index (χ4n) is 2.98. The lowest BCUT2D eigenvalue weighted by Gasteiger charge is -2.20. The van der Waals surface area contributed by atoms with Gasteiger partial charge in [-0.1, -0.05) is 80.0 Å². The lowest BCUT2D eigenvalue weighted by Crippen LogP contribution is -2.15. The van der Waals surface area contributed by atoms with Crippen molar-refractivity contribution in [2.75, 3.05) is 7.05 Å². The van der Waals surface area contributed by atoms with Crippen LogP contribution in [0.3, 0.4) is 0 Å². The number of rotatable bonds is 9. The van der Waals surface area contributed by atoms with Gasteiger partial charge in [0.05, 0.1) is 0 Å². The van der Waals surface area contributed by atoms with Gasteiger partial charge in [0.15, 0.2) is 0 Å². The topological polar surface area (TPSA) is 15.6 Å². The van der Waals surface area contributed by atoms with Crippen molar-refractivity contribution in [1.82, 2.24) is 4.90 Å². The monoisotopic (exact) mass is 410 g/mol. The van der Waals surface area contributed by atoms with E-state index >= 15 is 0 Å². The minimum atomic E-state index is 0.768. The van der Waals surface area contributed by atoms with Crippen LogP contribution in [0, 0.1) is 0 Å². The summed E-state index contributed by atoms with van der Waals surface area (Å²) in [7, 11) is 2.05. The highest BCUT2D eigenvalue weighted by molar-refractivity contribution is 5.99. The van der Waals surface area contributed by atoms with Gasteiger partial charge in [-0.15, -0.1) is 0 Å². The third-order valence-electron chi connectivity index (χ3n) is 5.19. The van der Waals surface area contributed by atoms with Gasteiger partial charge in [0.2, 0.25) is 0 Å². The Morgan fingerprint density at radius 3 is 2.71 bits per heavy atom. The molecule has 0 saturated heterocycles. The van der Waals surface area contributed by atoms with Crippen molar-refractivity contribution in [3.63, 3.8) is 0 Å². The van der Waals surface area contributed by atoms with Gasteiger partial charge in [0.25, 0.3) is 0 Å². The molecule has 1 aromatic rings. The molecule has 0 fully saturated rings. The Balaban J connectivity index is 2.02. The molecular weight excluding hydrogens is 376 g/mol. The number of hydrogen-bond acceptors (Lipinski definition) is 2. The molecule has 0 atom stereocenters. The molecule has 1 aromatic carbocycles. The van der Waals surface area contributed by atoms with Crippen LogP contribution in [0.5, 0.6) is 0 Å². The van der Waals surface area contributed by atoms with E-state index in [0.717, 1.165) is 46.7 Å². The maximum absolute atomic E-state index is 4.54. The van der Waals surface area contributed by atoms with Crippen LogP contribution in [0.25, 0.3) is 0 Å². The van der Waals surface area contributed by atoms with E-state index in [1.165, 1.54) is 11.1 Å². The molecule has 0 radical (unpaired) electrons. The number of benzene rings is 1. The summed E-state index contributed by atoms with van der Waals surface area (Å²) in [6, 6.07) is 8.47. The van der Waals surface area contributed by atoms with E-state index in [0.29, 0.717) is 0 Å². The zero-order valence-corrected chi connectivity index (χ0v) is 19.4. The molecule has 0 N–H and O–H groups in total. The number of aliphatic imine (C=N–C) groups is 1. The van der Waals surface area contributed by atoms with E-state index in [9.17, 15) is 0 Å². The van der Waals surface area contributed by atoms with Crippen molar-refractivity contribution in [2.45, 2.75) is 33.7 Å². The van der Waals surface area contributed by atoms with Crippen molar-refractivity contribution in [2.24, 2.45) is 4.99 Å². The number of hydrogen-bond donors (Lipinski definition) is 0. The third-order valence-corrected chi connectivity index (χ3v) is 5.19. The number of nitrogens with zero attached hydrogens (tertiary/aromatic N) is 2. The van der Waals surface area contributed by atoms with Gasteiger partial charge in [-0.25, -0.2) is 0 Å². The third kappa shape index (κ3) is 7.75. The van der Waals surface area contributed by atoms with Crippen molar-refractivity contribution in [3.8, 4) is 0 Å². The molecule has 0 bridgehead atoms. The van der Waals surface area contributed by atoms with Gasteiger partial charge in [0.1, 0.15) is 0 Å². The molecule has 2 heteroatoms. The van der Waals surface area contributed by atoms with E-state index < -0.39 is 0 Å². The first kappa shape index (κ1) is 23.9. The average molecular weight is 411 g/mol. The first-order valence-electron chi connectivity index (χ1n) is 10.5. The van der Waals surface area contributed by atoms with Crippen LogP contribution in [-0.2, 0) is 6.54 Å². The fraction of sp³-hybridized carbons (Fsp3) is 0.207. The smallest absolute Gasteiger partial charge is 0.0445 e. The Kier molecular flexibility index (Phi) is 9.02. The van der Waals surface area contributed by atoms with Crippen molar-refractivity contribution >= 4 is 5.71 Å². The fourth-order valence-corrected chi connectivity index (χ4v) is 2.98. The lowest BCUT2D eigenvalue weighted by molar-refractivity contribution is 0.426. The second-order valence-corrected chi connectivity index (χ2v) is 7.93. The van der Waals surface area contributed by atoms with E-state index in [-0.39, 0.29) is 0 Å². The summed E-state index contributed by atoms with van der Waals surface area (Å²) in [5.74, 6) is 0. The Hall–Kier alpha value is -3.39. The maximum atomic E-state index is 4.54. The summed E-state index contributed by atoms with van der Waals surface area (Å²) in [5, 5.41) is 0. The van der Waals surface area contributed by atoms with Crippen molar-refractivity contribution in [1.29, 1.82) is 0 Å². The van der Waals surface area contributed by atoms with Crippen LogP contribution >= 0.6 is 0 Å². The molecule has 1 aliphatic carbocycles. The Morgan fingerprint density at radius 1 is 1.19 bits per heavy atom. The molecule has 0 amide bonds. The second-order valence-electron chi connectivity index (χ2n) is 7.93. The molecule has 0 aliphatic heterocycles. The minimum absolute atomic E-state index is 0.768. The van der Waals surface area contributed by atoms with Gasteiger partial charge < -0.3 is 4.90 Å². The van der Waals surface area contributed by atoms with Crippen LogP contribution in [-0.4, -0.2) is 17.7 Å². The van der Waals surface area contributed by atoms with Gasteiger partial charge in [-0.3, -0.25) is 4.99 Å². The SMILES string of the molecule is C=C/C(C)=C\N=C(/C)c1cccc(CN(C)C(=C)/C=C\C(=C)C2=CCC(C)=CC=C2)c1. The molecule has 2 nitrogen and oxygen atoms in total. The molecule has 31 heavy (non-hydrogen) atoms. The van der Waals surface area contributed by atoms with Gasteiger partial charge in [0, 0.05) is 31.2 Å². The summed E-state index contributed by atoms with van der Waals surface area (Å²) < 4.78 is 0. The molecule has 1 aliphatic rings. The highest BCUT2D eigenvalue weighted by Crippen LogP contribution is 2.19. The first-order chi connectivity index (χ1) is 14.8. The van der Waals surface area contributed by atoms with E-state index in [1.807, 2.05) is 32.2 Å². The van der Waals surface area contributed by atoms with Gasteiger partial charge >= 0.3 is 0 Å². The van der Waals surface area contributed by atoms with Crippen LogP contribution in [0.1, 0.15) is 38.3 Å². The summed E-state index contributed by atoms with van der Waals surface area (Å²) in [5.41, 5.74) is 8.79. The summed E-state index contributed by atoms with van der Waals surface area (Å²) in [4.78, 5) is 6.68. The first-order valence-corrected chi connectivity index (χ1v) is 10.5. The van der Waals surface area contributed by atoms with Crippen LogP contribution in [0.15, 0.2) is 126 Å². The van der Waals surface area contributed by atoms with E-state index in [4.69, 9.17) is 0 Å². The Morgan fingerprint density at radius 2 is 1.97 bits per heavy atom.